The molecule has 0 aliphatic heterocycles. The number of hydrogen-bond donors (Lipinski definition) is 2. The van der Waals surface area contributed by atoms with E-state index in [0.717, 1.165) is 5.01 Å². The summed E-state index contributed by atoms with van der Waals surface area (Å²) in [6.45, 7) is 8.09. The van der Waals surface area contributed by atoms with E-state index in [2.05, 4.69) is 5.43 Å². The first-order chi connectivity index (χ1) is 7.57. The fourth-order valence-corrected chi connectivity index (χ4v) is 1.52. The summed E-state index contributed by atoms with van der Waals surface area (Å²) in [5, 5.41) is 1.13. The predicted molar refractivity (Wildman–Crippen MR) is 63.6 cm³/mol. The zero-order chi connectivity index (χ0) is 13.8. The number of nitrogens with zero attached hydrogens (tertiary/aromatic N) is 1. The van der Waals surface area contributed by atoms with Crippen LogP contribution in [-0.2, 0) is 14.4 Å². The molecule has 17 heavy (non-hydrogen) atoms. The summed E-state index contributed by atoms with van der Waals surface area (Å²) >= 11 is 0. The molecule has 98 valence electrons. The van der Waals surface area contributed by atoms with Gasteiger partial charge in [0.15, 0.2) is 0 Å². The van der Waals surface area contributed by atoms with Crippen LogP contribution in [0.5, 0.6) is 0 Å². The fraction of sp³-hybridized carbons (Fsp3) is 0.727. The van der Waals surface area contributed by atoms with Gasteiger partial charge in [-0.1, -0.05) is 20.8 Å². The van der Waals surface area contributed by atoms with Gasteiger partial charge in [0, 0.05) is 6.92 Å². The molecule has 0 heterocycles. The molecule has 0 aliphatic rings. The lowest BCUT2D eigenvalue weighted by Gasteiger charge is -2.37. The number of carbonyl (C=O) groups excluding carboxylic acids is 3. The van der Waals surface area contributed by atoms with Crippen LogP contribution in [-0.4, -0.2) is 35.2 Å². The van der Waals surface area contributed by atoms with Gasteiger partial charge in [-0.3, -0.25) is 19.4 Å². The largest absolute Gasteiger partial charge is 0.368 e. The van der Waals surface area contributed by atoms with Crippen molar-refractivity contribution >= 4 is 17.6 Å². The Labute approximate surface area is 101 Å². The minimum Gasteiger partial charge on any atom is -0.368 e. The Bertz CT molecular complexity index is 320. The molecule has 6 nitrogen and oxygen atoms in total. The van der Waals surface area contributed by atoms with Crippen LogP contribution in [0.25, 0.3) is 0 Å². The number of nitrogens with two attached hydrogens (primary N) is 1. The molecule has 3 N–H and O–H groups in total. The maximum atomic E-state index is 11.5. The third-order valence-corrected chi connectivity index (χ3v) is 2.19. The van der Waals surface area contributed by atoms with E-state index < -0.39 is 17.4 Å². The maximum Gasteiger partial charge on any atom is 0.242 e. The quantitative estimate of drug-likeness (QED) is 0.656. The van der Waals surface area contributed by atoms with E-state index in [0.29, 0.717) is 0 Å². The highest BCUT2D eigenvalue weighted by Crippen LogP contribution is 2.23. The van der Waals surface area contributed by atoms with Crippen molar-refractivity contribution in [1.29, 1.82) is 0 Å². The van der Waals surface area contributed by atoms with Crippen LogP contribution in [0.15, 0.2) is 0 Å². The van der Waals surface area contributed by atoms with Crippen molar-refractivity contribution in [3.63, 3.8) is 0 Å². The normalized spacial score (nSPS) is 13.0. The fourth-order valence-electron chi connectivity index (χ4n) is 1.52. The molecule has 1 atom stereocenters. The van der Waals surface area contributed by atoms with E-state index in [1.54, 1.807) is 20.8 Å². The number of amides is 2. The van der Waals surface area contributed by atoms with Crippen molar-refractivity contribution in [2.24, 2.45) is 11.1 Å². The van der Waals surface area contributed by atoms with Crippen LogP contribution in [0.4, 0.5) is 0 Å². The molecule has 0 aromatic heterocycles. The van der Waals surface area contributed by atoms with Crippen molar-refractivity contribution in [1.82, 2.24) is 10.4 Å². The van der Waals surface area contributed by atoms with Crippen molar-refractivity contribution in [2.75, 3.05) is 6.54 Å². The van der Waals surface area contributed by atoms with E-state index in [1.807, 2.05) is 0 Å². The predicted octanol–water partition coefficient (Wildman–Crippen LogP) is -0.171. The molecule has 0 aromatic carbocycles. The summed E-state index contributed by atoms with van der Waals surface area (Å²) in [4.78, 5) is 33.8. The number of primary amides is 1. The molecule has 0 aromatic rings. The van der Waals surface area contributed by atoms with Crippen LogP contribution in [0, 0.1) is 5.41 Å². The van der Waals surface area contributed by atoms with E-state index in [-0.39, 0.29) is 18.2 Å². The van der Waals surface area contributed by atoms with Gasteiger partial charge in [0.2, 0.25) is 11.8 Å². The molecule has 0 aliphatic carbocycles. The molecule has 2 amide bonds. The lowest BCUT2D eigenvalue weighted by atomic mass is 9.86. The van der Waals surface area contributed by atoms with Crippen LogP contribution < -0.4 is 11.2 Å². The monoisotopic (exact) mass is 243 g/mol. The molecule has 0 fully saturated rings. The lowest BCUT2D eigenvalue weighted by molar-refractivity contribution is -0.146. The highest BCUT2D eigenvalue weighted by atomic mass is 16.2. The van der Waals surface area contributed by atoms with Gasteiger partial charge < -0.3 is 5.73 Å². The Morgan fingerprint density at radius 1 is 1.24 bits per heavy atom. The van der Waals surface area contributed by atoms with E-state index >= 15 is 0 Å². The number of ketones is 1. The molecule has 0 saturated carbocycles. The molecule has 0 rings (SSSR count). The van der Waals surface area contributed by atoms with Crippen LogP contribution in [0.1, 0.15) is 34.6 Å². The minimum absolute atomic E-state index is 0.0144. The van der Waals surface area contributed by atoms with Gasteiger partial charge in [-0.15, -0.1) is 0 Å². The molecule has 0 radical (unpaired) electrons. The number of nitrogens with one attached hydrogen (secondary N) is 1. The molecule has 0 bridgehead atoms. The zero-order valence-corrected chi connectivity index (χ0v) is 11.0. The van der Waals surface area contributed by atoms with Crippen LogP contribution in [0.2, 0.25) is 0 Å². The van der Waals surface area contributed by atoms with Gasteiger partial charge in [0.05, 0.1) is 6.54 Å². The smallest absolute Gasteiger partial charge is 0.242 e. The Kier molecular flexibility index (Phi) is 5.28. The summed E-state index contributed by atoms with van der Waals surface area (Å²) in [6.07, 6.45) is 0. The van der Waals surface area contributed by atoms with Gasteiger partial charge in [-0.2, -0.15) is 0 Å². The van der Waals surface area contributed by atoms with Crippen molar-refractivity contribution in [2.45, 2.75) is 40.7 Å². The van der Waals surface area contributed by atoms with E-state index in [1.165, 1.54) is 13.8 Å². The van der Waals surface area contributed by atoms with Gasteiger partial charge in [0.1, 0.15) is 11.8 Å². The average Bonchev–Trinajstić information content (AvgIpc) is 2.07. The Balaban J connectivity index is 5.05. The van der Waals surface area contributed by atoms with Gasteiger partial charge in [-0.25, -0.2) is 5.43 Å². The molecule has 0 saturated heterocycles. The second-order valence-electron chi connectivity index (χ2n) is 5.10. The highest BCUT2D eigenvalue weighted by Gasteiger charge is 2.36. The third kappa shape index (κ3) is 4.95. The van der Waals surface area contributed by atoms with Gasteiger partial charge in [0.25, 0.3) is 0 Å². The number of hydrogen-bond acceptors (Lipinski definition) is 4. The van der Waals surface area contributed by atoms with Crippen molar-refractivity contribution in [3.8, 4) is 0 Å². The average molecular weight is 243 g/mol. The summed E-state index contributed by atoms with van der Waals surface area (Å²) < 4.78 is 0. The summed E-state index contributed by atoms with van der Waals surface area (Å²) in [5.41, 5.74) is 7.44. The van der Waals surface area contributed by atoms with Crippen molar-refractivity contribution in [3.05, 3.63) is 0 Å². The van der Waals surface area contributed by atoms with Crippen LogP contribution >= 0.6 is 0 Å². The molecular weight excluding hydrogens is 222 g/mol. The number of Topliss-reactive ketones (excluding diaryl/α,β-unsaturated/α-hetero) is 1. The molecule has 6 heteroatoms. The second-order valence-corrected chi connectivity index (χ2v) is 5.10. The number of hydrazine groups is 1. The highest BCUT2D eigenvalue weighted by molar-refractivity contribution is 5.86. The van der Waals surface area contributed by atoms with Crippen LogP contribution in [0.3, 0.4) is 0 Å². The second kappa shape index (κ2) is 5.77. The topological polar surface area (TPSA) is 92.5 Å². The molecular formula is C11H21N3O3. The Morgan fingerprint density at radius 2 is 1.71 bits per heavy atom. The summed E-state index contributed by atoms with van der Waals surface area (Å²) in [7, 11) is 0. The number of rotatable bonds is 5. The third-order valence-electron chi connectivity index (χ3n) is 2.19. The van der Waals surface area contributed by atoms with Crippen molar-refractivity contribution < 1.29 is 14.4 Å². The Morgan fingerprint density at radius 3 is 1.94 bits per heavy atom. The van der Waals surface area contributed by atoms with Gasteiger partial charge >= 0.3 is 0 Å². The minimum atomic E-state index is -0.806. The first-order valence-corrected chi connectivity index (χ1v) is 5.39. The summed E-state index contributed by atoms with van der Waals surface area (Å²) in [6, 6.07) is -0.806. The molecule has 1 unspecified atom stereocenters. The van der Waals surface area contributed by atoms with E-state index in [9.17, 15) is 14.4 Å². The molecule has 0 spiro atoms. The standard InChI is InChI=1S/C11H21N3O3/c1-7(15)6-13-14(8(2)16)9(10(12)17)11(3,4)5/h9,13H,6H2,1-5H3,(H2,12,17). The first-order valence-electron chi connectivity index (χ1n) is 5.39. The lowest BCUT2D eigenvalue weighted by Crippen LogP contribution is -2.59. The van der Waals surface area contributed by atoms with Gasteiger partial charge in [-0.05, 0) is 12.3 Å². The number of carbonyl (C=O) groups is 3. The maximum absolute atomic E-state index is 11.5. The summed E-state index contributed by atoms with van der Waals surface area (Å²) in [5.74, 6) is -1.10. The van der Waals surface area contributed by atoms with E-state index in [4.69, 9.17) is 5.73 Å². The Hall–Kier alpha value is -1.43. The SMILES string of the molecule is CC(=O)CNN(C(C)=O)C(C(N)=O)C(C)(C)C. The first kappa shape index (κ1) is 15.6. The zero-order valence-electron chi connectivity index (χ0n) is 11.0.